The second-order valence-corrected chi connectivity index (χ2v) is 4.06. The second-order valence-electron chi connectivity index (χ2n) is 4.06. The van der Waals surface area contributed by atoms with E-state index in [2.05, 4.69) is 9.72 Å². The number of carboxylic acids is 1. The number of hydrogen-bond acceptors (Lipinski definition) is 4. The maximum Gasteiger partial charge on any atom is 0.416 e. The van der Waals surface area contributed by atoms with Crippen molar-refractivity contribution in [2.75, 3.05) is 24.6 Å². The number of halogens is 3. The zero-order valence-electron chi connectivity index (χ0n) is 9.72. The van der Waals surface area contributed by atoms with E-state index >= 15 is 0 Å². The van der Waals surface area contributed by atoms with Gasteiger partial charge in [0.05, 0.1) is 18.7 Å². The SMILES string of the molecule is O=C(O)c1ccc(N2CCOC(C(F)(F)F)C2)nc1. The minimum Gasteiger partial charge on any atom is -0.478 e. The third kappa shape index (κ3) is 3.14. The Morgan fingerprint density at radius 2 is 2.21 bits per heavy atom. The normalized spacial score (nSPS) is 20.4. The van der Waals surface area contributed by atoms with E-state index in [4.69, 9.17) is 5.11 Å². The Bertz CT molecular complexity index is 461. The topological polar surface area (TPSA) is 62.7 Å². The number of nitrogens with zero attached hydrogens (tertiary/aromatic N) is 2. The fourth-order valence-corrected chi connectivity index (χ4v) is 1.76. The molecule has 19 heavy (non-hydrogen) atoms. The van der Waals surface area contributed by atoms with Crippen LogP contribution in [0.25, 0.3) is 0 Å². The van der Waals surface area contributed by atoms with Crippen molar-refractivity contribution in [3.63, 3.8) is 0 Å². The molecule has 8 heteroatoms. The monoisotopic (exact) mass is 276 g/mol. The lowest BCUT2D eigenvalue weighted by Gasteiger charge is -2.34. The summed E-state index contributed by atoms with van der Waals surface area (Å²) in [6, 6.07) is 2.70. The first-order valence-electron chi connectivity index (χ1n) is 5.50. The number of aromatic nitrogens is 1. The standard InChI is InChI=1S/C11H11F3N2O3/c12-11(13,14)8-6-16(3-4-19-8)9-2-1-7(5-15-9)10(17)18/h1-2,5,8H,3-4,6H2,(H,17,18). The van der Waals surface area contributed by atoms with Gasteiger partial charge in [-0.3, -0.25) is 0 Å². The lowest BCUT2D eigenvalue weighted by molar-refractivity contribution is -0.221. The van der Waals surface area contributed by atoms with Crippen molar-refractivity contribution in [1.29, 1.82) is 0 Å². The fourth-order valence-electron chi connectivity index (χ4n) is 1.76. The number of hydrogen-bond donors (Lipinski definition) is 1. The molecular formula is C11H11F3N2O3. The average molecular weight is 276 g/mol. The summed E-state index contributed by atoms with van der Waals surface area (Å²) in [6.07, 6.45) is -5.14. The second kappa shape index (κ2) is 5.04. The lowest BCUT2D eigenvalue weighted by atomic mass is 10.2. The van der Waals surface area contributed by atoms with Crippen LogP contribution in [0.3, 0.4) is 0 Å². The number of anilines is 1. The molecule has 1 N–H and O–H groups in total. The average Bonchev–Trinajstić information content (AvgIpc) is 2.38. The first-order valence-corrected chi connectivity index (χ1v) is 5.50. The summed E-state index contributed by atoms with van der Waals surface area (Å²) in [5.74, 6) is -0.822. The Kier molecular flexibility index (Phi) is 3.61. The van der Waals surface area contributed by atoms with Crippen molar-refractivity contribution in [3.05, 3.63) is 23.9 Å². The van der Waals surface area contributed by atoms with Gasteiger partial charge in [-0.05, 0) is 12.1 Å². The van der Waals surface area contributed by atoms with Gasteiger partial charge in [0.15, 0.2) is 6.10 Å². The van der Waals surface area contributed by atoms with Crippen LogP contribution in [0.15, 0.2) is 18.3 Å². The summed E-state index contributed by atoms with van der Waals surface area (Å²) in [5, 5.41) is 8.71. The van der Waals surface area contributed by atoms with Crippen molar-refractivity contribution in [1.82, 2.24) is 4.98 Å². The van der Waals surface area contributed by atoms with Crippen LogP contribution in [-0.2, 0) is 4.74 Å². The van der Waals surface area contributed by atoms with Crippen LogP contribution < -0.4 is 4.90 Å². The van der Waals surface area contributed by atoms with Crippen LogP contribution in [0.1, 0.15) is 10.4 Å². The summed E-state index contributed by atoms with van der Waals surface area (Å²) >= 11 is 0. The third-order valence-corrected chi connectivity index (χ3v) is 2.75. The molecule has 0 bridgehead atoms. The van der Waals surface area contributed by atoms with E-state index in [1.54, 1.807) is 0 Å². The highest BCUT2D eigenvalue weighted by Gasteiger charge is 2.43. The van der Waals surface area contributed by atoms with Gasteiger partial charge in [0.2, 0.25) is 0 Å². The predicted molar refractivity (Wildman–Crippen MR) is 59.2 cm³/mol. The number of morpholine rings is 1. The van der Waals surface area contributed by atoms with Crippen molar-refractivity contribution < 1.29 is 27.8 Å². The fraction of sp³-hybridized carbons (Fsp3) is 0.455. The molecule has 104 valence electrons. The van der Waals surface area contributed by atoms with Crippen LogP contribution in [-0.4, -0.2) is 48.0 Å². The van der Waals surface area contributed by atoms with Gasteiger partial charge >= 0.3 is 12.1 Å². The van der Waals surface area contributed by atoms with E-state index in [-0.39, 0.29) is 25.3 Å². The summed E-state index contributed by atoms with van der Waals surface area (Å²) in [7, 11) is 0. The molecule has 1 unspecified atom stereocenters. The van der Waals surface area contributed by atoms with Crippen molar-refractivity contribution >= 4 is 11.8 Å². The molecule has 0 aliphatic carbocycles. The van der Waals surface area contributed by atoms with E-state index in [9.17, 15) is 18.0 Å². The lowest BCUT2D eigenvalue weighted by Crippen LogP contribution is -2.49. The smallest absolute Gasteiger partial charge is 0.416 e. The molecule has 0 saturated carbocycles. The molecule has 1 atom stereocenters. The van der Waals surface area contributed by atoms with Gasteiger partial charge in [0.25, 0.3) is 0 Å². The van der Waals surface area contributed by atoms with Crippen LogP contribution in [0.5, 0.6) is 0 Å². The highest BCUT2D eigenvalue weighted by molar-refractivity contribution is 5.87. The number of carbonyl (C=O) groups is 1. The molecular weight excluding hydrogens is 265 g/mol. The molecule has 0 aromatic carbocycles. The van der Waals surface area contributed by atoms with Gasteiger partial charge in [-0.1, -0.05) is 0 Å². The first-order chi connectivity index (χ1) is 8.88. The first kappa shape index (κ1) is 13.6. The molecule has 1 aliphatic heterocycles. The third-order valence-electron chi connectivity index (χ3n) is 2.75. The Morgan fingerprint density at radius 1 is 1.47 bits per heavy atom. The number of aromatic carboxylic acids is 1. The molecule has 1 aliphatic rings. The van der Waals surface area contributed by atoms with Gasteiger partial charge < -0.3 is 14.7 Å². The molecule has 1 fully saturated rings. The van der Waals surface area contributed by atoms with Crippen molar-refractivity contribution in [2.24, 2.45) is 0 Å². The Balaban J connectivity index is 2.11. The Morgan fingerprint density at radius 3 is 2.74 bits per heavy atom. The van der Waals surface area contributed by atoms with E-state index in [1.807, 2.05) is 0 Å². The number of carboxylic acid groups (broad SMARTS) is 1. The number of pyridine rings is 1. The summed E-state index contributed by atoms with van der Waals surface area (Å²) in [6.45, 7) is -0.110. The molecule has 0 amide bonds. The zero-order chi connectivity index (χ0) is 14.0. The van der Waals surface area contributed by atoms with E-state index in [1.165, 1.54) is 17.0 Å². The highest BCUT2D eigenvalue weighted by Crippen LogP contribution is 2.27. The minimum atomic E-state index is -4.42. The number of ether oxygens (including phenoxy) is 1. The van der Waals surface area contributed by atoms with Crippen LogP contribution in [0.4, 0.5) is 19.0 Å². The number of alkyl halides is 3. The van der Waals surface area contributed by atoms with Gasteiger partial charge in [-0.25, -0.2) is 9.78 Å². The van der Waals surface area contributed by atoms with Crippen molar-refractivity contribution in [2.45, 2.75) is 12.3 Å². The largest absolute Gasteiger partial charge is 0.478 e. The van der Waals surface area contributed by atoms with Crippen LogP contribution in [0.2, 0.25) is 0 Å². The highest BCUT2D eigenvalue weighted by atomic mass is 19.4. The van der Waals surface area contributed by atoms with Gasteiger partial charge in [0, 0.05) is 12.7 Å². The molecule has 2 rings (SSSR count). The molecule has 2 heterocycles. The van der Waals surface area contributed by atoms with Gasteiger partial charge in [-0.2, -0.15) is 13.2 Å². The maximum absolute atomic E-state index is 12.6. The Hall–Kier alpha value is -1.83. The van der Waals surface area contributed by atoms with E-state index < -0.39 is 18.2 Å². The quantitative estimate of drug-likeness (QED) is 0.888. The molecule has 1 saturated heterocycles. The number of rotatable bonds is 2. The maximum atomic E-state index is 12.6. The Labute approximate surface area is 106 Å². The molecule has 1 aromatic heterocycles. The summed E-state index contributed by atoms with van der Waals surface area (Å²) in [5.41, 5.74) is -0.00983. The molecule has 1 aromatic rings. The summed E-state index contributed by atoms with van der Waals surface area (Å²) < 4.78 is 42.3. The summed E-state index contributed by atoms with van der Waals surface area (Å²) in [4.78, 5) is 15.9. The van der Waals surface area contributed by atoms with Crippen molar-refractivity contribution in [3.8, 4) is 0 Å². The van der Waals surface area contributed by atoms with E-state index in [0.717, 1.165) is 6.20 Å². The van der Waals surface area contributed by atoms with Gasteiger partial charge in [0.1, 0.15) is 5.82 Å². The van der Waals surface area contributed by atoms with Crippen LogP contribution in [0, 0.1) is 0 Å². The van der Waals surface area contributed by atoms with E-state index in [0.29, 0.717) is 5.82 Å². The van der Waals surface area contributed by atoms with Gasteiger partial charge in [-0.15, -0.1) is 0 Å². The predicted octanol–water partition coefficient (Wildman–Crippen LogP) is 1.55. The molecule has 5 nitrogen and oxygen atoms in total. The van der Waals surface area contributed by atoms with Crippen LogP contribution >= 0.6 is 0 Å². The minimum absolute atomic E-state index is 0.00983. The molecule has 0 radical (unpaired) electrons. The molecule has 0 spiro atoms. The zero-order valence-corrected chi connectivity index (χ0v) is 9.72.